The van der Waals surface area contributed by atoms with Gasteiger partial charge in [-0.25, -0.2) is 0 Å². The van der Waals surface area contributed by atoms with E-state index in [-0.39, 0.29) is 5.56 Å². The molecule has 1 aromatic heterocycles. The van der Waals surface area contributed by atoms with Crippen molar-refractivity contribution in [2.45, 2.75) is 0 Å². The number of hydrogen-bond acceptors (Lipinski definition) is 2. The van der Waals surface area contributed by atoms with Gasteiger partial charge in [-0.1, -0.05) is 18.2 Å². The number of hydrogen-bond donors (Lipinski definition) is 1. The minimum atomic E-state index is 0.00745. The first-order chi connectivity index (χ1) is 6.74. The first kappa shape index (κ1) is 8.81. The number of anilines is 1. The summed E-state index contributed by atoms with van der Waals surface area (Å²) in [7, 11) is 3.60. The lowest BCUT2D eigenvalue weighted by molar-refractivity contribution is 0.907. The number of benzene rings is 1. The van der Waals surface area contributed by atoms with Crippen molar-refractivity contribution >= 4 is 16.6 Å². The molecule has 0 aliphatic rings. The van der Waals surface area contributed by atoms with Gasteiger partial charge in [0.25, 0.3) is 5.56 Å². The average Bonchev–Trinajstić information content (AvgIpc) is 2.23. The monoisotopic (exact) mass is 188 g/mol. The Kier molecular flexibility index (Phi) is 2.00. The molecule has 0 radical (unpaired) electrons. The lowest BCUT2D eigenvalue weighted by Gasteiger charge is -2.08. The molecule has 0 aliphatic carbocycles. The summed E-state index contributed by atoms with van der Waals surface area (Å²) in [6, 6.07) is 9.45. The predicted octanol–water partition coefficient (Wildman–Crippen LogP) is 1.58. The van der Waals surface area contributed by atoms with Gasteiger partial charge in [0.1, 0.15) is 0 Å². The van der Waals surface area contributed by atoms with Gasteiger partial charge in [0.05, 0.1) is 5.52 Å². The lowest BCUT2D eigenvalue weighted by Crippen LogP contribution is -2.16. The molecular formula is C11H12N2O. The molecule has 3 nitrogen and oxygen atoms in total. The summed E-state index contributed by atoms with van der Waals surface area (Å²) in [6.45, 7) is 0. The predicted molar refractivity (Wildman–Crippen MR) is 58.7 cm³/mol. The zero-order valence-electron chi connectivity index (χ0n) is 8.24. The summed E-state index contributed by atoms with van der Waals surface area (Å²) >= 11 is 0. The first-order valence-electron chi connectivity index (χ1n) is 4.50. The van der Waals surface area contributed by atoms with Gasteiger partial charge in [-0.05, 0) is 6.07 Å². The van der Waals surface area contributed by atoms with Gasteiger partial charge in [0.15, 0.2) is 0 Å². The molecule has 2 aromatic rings. The highest BCUT2D eigenvalue weighted by atomic mass is 16.1. The van der Waals surface area contributed by atoms with Crippen LogP contribution in [0.25, 0.3) is 10.9 Å². The van der Waals surface area contributed by atoms with Gasteiger partial charge in [-0.15, -0.1) is 0 Å². The molecule has 72 valence electrons. The van der Waals surface area contributed by atoms with E-state index < -0.39 is 0 Å². The van der Waals surface area contributed by atoms with Gasteiger partial charge in [0, 0.05) is 31.2 Å². The van der Waals surface area contributed by atoms with E-state index in [0.717, 1.165) is 16.6 Å². The van der Waals surface area contributed by atoms with Crippen molar-refractivity contribution in [1.82, 2.24) is 4.57 Å². The minimum Gasteiger partial charge on any atom is -0.387 e. The summed E-state index contributed by atoms with van der Waals surface area (Å²) in [5, 5.41) is 4.09. The van der Waals surface area contributed by atoms with Crippen LogP contribution in [0, 0.1) is 0 Å². The Morgan fingerprint density at radius 2 is 2.00 bits per heavy atom. The maximum Gasteiger partial charge on any atom is 0.252 e. The van der Waals surface area contributed by atoms with E-state index in [2.05, 4.69) is 5.32 Å². The Bertz CT molecular complexity index is 528. The van der Waals surface area contributed by atoms with Crippen molar-refractivity contribution in [3.8, 4) is 0 Å². The normalized spacial score (nSPS) is 10.4. The van der Waals surface area contributed by atoms with E-state index in [4.69, 9.17) is 0 Å². The fraction of sp³-hybridized carbons (Fsp3) is 0.182. The van der Waals surface area contributed by atoms with E-state index in [1.54, 1.807) is 17.7 Å². The molecule has 3 heteroatoms. The SMILES string of the molecule is CNc1cc(=O)n(C)c2ccccc12. The largest absolute Gasteiger partial charge is 0.387 e. The molecule has 0 saturated heterocycles. The summed E-state index contributed by atoms with van der Waals surface area (Å²) < 4.78 is 1.65. The van der Waals surface area contributed by atoms with E-state index >= 15 is 0 Å². The molecule has 2 rings (SSSR count). The highest BCUT2D eigenvalue weighted by Gasteiger charge is 2.03. The quantitative estimate of drug-likeness (QED) is 0.737. The van der Waals surface area contributed by atoms with Crippen LogP contribution in [0.4, 0.5) is 5.69 Å². The molecule has 0 fully saturated rings. The second-order valence-corrected chi connectivity index (χ2v) is 3.22. The van der Waals surface area contributed by atoms with Crippen LogP contribution in [0.1, 0.15) is 0 Å². The Labute approximate surface area is 82.0 Å². The third-order valence-corrected chi connectivity index (χ3v) is 2.42. The summed E-state index contributed by atoms with van der Waals surface area (Å²) in [6.07, 6.45) is 0. The van der Waals surface area contributed by atoms with E-state index in [0.29, 0.717) is 0 Å². The number of rotatable bonds is 1. The summed E-state index contributed by atoms with van der Waals surface area (Å²) in [5.41, 5.74) is 1.83. The number of aryl methyl sites for hydroxylation is 1. The number of nitrogens with zero attached hydrogens (tertiary/aromatic N) is 1. The minimum absolute atomic E-state index is 0.00745. The Morgan fingerprint density at radius 3 is 2.71 bits per heavy atom. The number of fused-ring (bicyclic) bond motifs is 1. The fourth-order valence-corrected chi connectivity index (χ4v) is 1.62. The number of pyridine rings is 1. The molecule has 1 aromatic carbocycles. The van der Waals surface area contributed by atoms with Crippen molar-refractivity contribution in [2.24, 2.45) is 7.05 Å². The van der Waals surface area contributed by atoms with Crippen molar-refractivity contribution in [3.05, 3.63) is 40.7 Å². The molecule has 1 heterocycles. The van der Waals surface area contributed by atoms with Gasteiger partial charge in [0.2, 0.25) is 0 Å². The van der Waals surface area contributed by atoms with Crippen molar-refractivity contribution < 1.29 is 0 Å². The van der Waals surface area contributed by atoms with Gasteiger partial charge >= 0.3 is 0 Å². The molecule has 1 N–H and O–H groups in total. The van der Waals surface area contributed by atoms with E-state index in [9.17, 15) is 4.79 Å². The van der Waals surface area contributed by atoms with Gasteiger partial charge < -0.3 is 9.88 Å². The van der Waals surface area contributed by atoms with Gasteiger partial charge in [-0.3, -0.25) is 4.79 Å². The third-order valence-electron chi connectivity index (χ3n) is 2.42. The maximum absolute atomic E-state index is 11.5. The van der Waals surface area contributed by atoms with Gasteiger partial charge in [-0.2, -0.15) is 0 Å². The van der Waals surface area contributed by atoms with Crippen LogP contribution in [0.15, 0.2) is 35.1 Å². The van der Waals surface area contributed by atoms with Crippen molar-refractivity contribution in [2.75, 3.05) is 12.4 Å². The van der Waals surface area contributed by atoms with Crippen LogP contribution in [0.3, 0.4) is 0 Å². The smallest absolute Gasteiger partial charge is 0.252 e. The van der Waals surface area contributed by atoms with E-state index in [1.807, 2.05) is 31.3 Å². The zero-order chi connectivity index (χ0) is 10.1. The Hall–Kier alpha value is -1.77. The van der Waals surface area contributed by atoms with Crippen molar-refractivity contribution in [3.63, 3.8) is 0 Å². The second kappa shape index (κ2) is 3.18. The van der Waals surface area contributed by atoms with Crippen LogP contribution in [0.2, 0.25) is 0 Å². The molecule has 0 aliphatic heterocycles. The molecule has 0 saturated carbocycles. The van der Waals surface area contributed by atoms with Crippen LogP contribution >= 0.6 is 0 Å². The van der Waals surface area contributed by atoms with Crippen molar-refractivity contribution in [1.29, 1.82) is 0 Å². The fourth-order valence-electron chi connectivity index (χ4n) is 1.62. The topological polar surface area (TPSA) is 34.0 Å². The molecule has 0 unspecified atom stereocenters. The molecule has 0 bridgehead atoms. The number of para-hydroxylation sites is 1. The highest BCUT2D eigenvalue weighted by molar-refractivity contribution is 5.91. The number of aromatic nitrogens is 1. The lowest BCUT2D eigenvalue weighted by atomic mass is 10.2. The van der Waals surface area contributed by atoms with E-state index in [1.165, 1.54) is 0 Å². The summed E-state index contributed by atoms with van der Waals surface area (Å²) in [4.78, 5) is 11.5. The maximum atomic E-state index is 11.5. The molecule has 14 heavy (non-hydrogen) atoms. The number of nitrogens with one attached hydrogen (secondary N) is 1. The highest BCUT2D eigenvalue weighted by Crippen LogP contribution is 2.19. The molecular weight excluding hydrogens is 176 g/mol. The molecule has 0 atom stereocenters. The average molecular weight is 188 g/mol. The van der Waals surface area contributed by atoms with Crippen LogP contribution in [0.5, 0.6) is 0 Å². The van der Waals surface area contributed by atoms with Crippen LogP contribution in [-0.4, -0.2) is 11.6 Å². The Morgan fingerprint density at radius 1 is 1.29 bits per heavy atom. The van der Waals surface area contributed by atoms with Crippen LogP contribution < -0.4 is 10.9 Å². The van der Waals surface area contributed by atoms with Crippen LogP contribution in [-0.2, 0) is 7.05 Å². The molecule has 0 amide bonds. The summed E-state index contributed by atoms with van der Waals surface area (Å²) in [5.74, 6) is 0. The Balaban J connectivity index is 2.97. The molecule has 0 spiro atoms. The zero-order valence-corrected chi connectivity index (χ0v) is 8.24. The first-order valence-corrected chi connectivity index (χ1v) is 4.50. The standard InChI is InChI=1S/C11H12N2O/c1-12-9-7-11(14)13(2)10-6-4-3-5-8(9)10/h3-7,12H,1-2H3. The second-order valence-electron chi connectivity index (χ2n) is 3.22. The third kappa shape index (κ3) is 1.18.